The van der Waals surface area contributed by atoms with Crippen LogP contribution in [0.4, 0.5) is 10.1 Å². The molecule has 1 aromatic heterocycles. The number of carbonyl (C=O) groups excluding carboxylic acids is 1. The summed E-state index contributed by atoms with van der Waals surface area (Å²) in [4.78, 5) is 16.3. The molecule has 0 radical (unpaired) electrons. The first-order chi connectivity index (χ1) is 14.9. The van der Waals surface area contributed by atoms with Crippen LogP contribution in [0.2, 0.25) is 0 Å². The number of rotatable bonds is 6. The molecule has 2 heterocycles. The summed E-state index contributed by atoms with van der Waals surface area (Å²) < 4.78 is 40.4. The lowest BCUT2D eigenvalue weighted by Gasteiger charge is -2.35. The van der Waals surface area contributed by atoms with Gasteiger partial charge in [0.2, 0.25) is 5.91 Å². The van der Waals surface area contributed by atoms with Crippen LogP contribution in [0.3, 0.4) is 0 Å². The molecule has 0 saturated heterocycles. The number of anilines is 1. The van der Waals surface area contributed by atoms with Crippen molar-refractivity contribution >= 4 is 33.0 Å². The summed E-state index contributed by atoms with van der Waals surface area (Å²) in [6.07, 6.45) is 2.03. The minimum Gasteiger partial charge on any atom is -0.335 e. The first-order valence-electron chi connectivity index (χ1n) is 10.1. The van der Waals surface area contributed by atoms with Crippen LogP contribution in [0.1, 0.15) is 35.4 Å². The molecule has 0 aliphatic carbocycles. The minimum absolute atomic E-state index is 0.0170. The minimum atomic E-state index is -3.81. The Bertz CT molecular complexity index is 1170. The third kappa shape index (κ3) is 4.65. The van der Waals surface area contributed by atoms with Crippen LogP contribution in [0.25, 0.3) is 0 Å². The predicted molar refractivity (Wildman–Crippen MR) is 120 cm³/mol. The van der Waals surface area contributed by atoms with Crippen molar-refractivity contribution in [3.05, 3.63) is 81.8 Å². The van der Waals surface area contributed by atoms with E-state index in [1.54, 1.807) is 35.6 Å². The summed E-state index contributed by atoms with van der Waals surface area (Å²) in [6, 6.07) is 13.6. The van der Waals surface area contributed by atoms with E-state index in [0.717, 1.165) is 37.1 Å². The Morgan fingerprint density at radius 1 is 1.13 bits per heavy atom. The fraction of sp³-hybridized carbons (Fsp3) is 0.261. The van der Waals surface area contributed by atoms with Gasteiger partial charge in [0.1, 0.15) is 5.82 Å². The van der Waals surface area contributed by atoms with E-state index in [9.17, 15) is 17.6 Å². The number of halogens is 1. The number of sulfonamides is 1. The molecule has 1 N–H and O–H groups in total. The van der Waals surface area contributed by atoms with E-state index in [4.69, 9.17) is 0 Å². The molecular weight excluding hydrogens is 435 g/mol. The van der Waals surface area contributed by atoms with Gasteiger partial charge >= 0.3 is 0 Å². The van der Waals surface area contributed by atoms with Crippen molar-refractivity contribution in [2.24, 2.45) is 0 Å². The van der Waals surface area contributed by atoms with E-state index in [2.05, 4.69) is 23.1 Å². The molecule has 8 heteroatoms. The molecule has 4 rings (SSSR count). The van der Waals surface area contributed by atoms with E-state index in [1.165, 1.54) is 22.6 Å². The van der Waals surface area contributed by atoms with E-state index in [-0.39, 0.29) is 23.3 Å². The molecule has 1 aliphatic rings. The molecule has 1 amide bonds. The lowest BCUT2D eigenvalue weighted by atomic mass is 9.97. The van der Waals surface area contributed by atoms with E-state index >= 15 is 0 Å². The van der Waals surface area contributed by atoms with Crippen LogP contribution in [0, 0.1) is 5.82 Å². The number of amides is 1. The van der Waals surface area contributed by atoms with Crippen LogP contribution in [-0.2, 0) is 27.7 Å². The number of thiophene rings is 1. The lowest BCUT2D eigenvalue weighted by molar-refractivity contribution is -0.133. The van der Waals surface area contributed by atoms with Gasteiger partial charge in [0.25, 0.3) is 10.0 Å². The summed E-state index contributed by atoms with van der Waals surface area (Å²) in [5.74, 6) is -0.425. The normalized spacial score (nSPS) is 16.1. The largest absolute Gasteiger partial charge is 0.335 e. The molecule has 1 atom stereocenters. The summed E-state index contributed by atoms with van der Waals surface area (Å²) in [5, 5.41) is 2.09. The quantitative estimate of drug-likeness (QED) is 0.579. The van der Waals surface area contributed by atoms with Crippen molar-refractivity contribution < 1.29 is 17.6 Å². The number of nitrogens with zero attached hydrogens (tertiary/aromatic N) is 1. The van der Waals surface area contributed by atoms with E-state index < -0.39 is 15.8 Å². The van der Waals surface area contributed by atoms with Gasteiger partial charge in [0.15, 0.2) is 0 Å². The highest BCUT2D eigenvalue weighted by Gasteiger charge is 2.30. The highest BCUT2D eigenvalue weighted by atomic mass is 32.2. The Hall–Kier alpha value is -2.71. The van der Waals surface area contributed by atoms with Crippen LogP contribution in [-0.4, -0.2) is 25.8 Å². The molecule has 0 spiro atoms. The van der Waals surface area contributed by atoms with Gasteiger partial charge in [-0.15, -0.1) is 11.3 Å². The second kappa shape index (κ2) is 8.80. The van der Waals surface area contributed by atoms with Crippen LogP contribution in [0.15, 0.2) is 64.9 Å². The molecule has 5 nitrogen and oxygen atoms in total. The van der Waals surface area contributed by atoms with Gasteiger partial charge in [-0.3, -0.25) is 9.52 Å². The number of benzene rings is 2. The third-order valence-corrected chi connectivity index (χ3v) is 7.88. The standard InChI is InChI=1S/C23H23FN2O3S2/c1-2-21-20-12-14-30-22(20)11-13-26(21)23(27)15-16-3-7-18(8-4-16)25-31(28,29)19-9-5-17(24)6-10-19/h3-10,12,14,21,25H,2,11,13,15H2,1H3. The number of hydrogen-bond acceptors (Lipinski definition) is 4. The summed E-state index contributed by atoms with van der Waals surface area (Å²) >= 11 is 1.75. The van der Waals surface area contributed by atoms with Crippen molar-refractivity contribution in [2.45, 2.75) is 37.1 Å². The van der Waals surface area contributed by atoms with Crippen molar-refractivity contribution in [3.8, 4) is 0 Å². The van der Waals surface area contributed by atoms with Gasteiger partial charge in [-0.1, -0.05) is 19.1 Å². The second-order valence-electron chi connectivity index (χ2n) is 7.49. The number of hydrogen-bond donors (Lipinski definition) is 1. The zero-order valence-electron chi connectivity index (χ0n) is 17.0. The average Bonchev–Trinajstić information content (AvgIpc) is 3.23. The van der Waals surface area contributed by atoms with E-state index in [0.29, 0.717) is 5.69 Å². The molecule has 162 valence electrons. The van der Waals surface area contributed by atoms with Crippen molar-refractivity contribution in [1.29, 1.82) is 0 Å². The molecule has 0 fully saturated rings. The van der Waals surface area contributed by atoms with Crippen LogP contribution < -0.4 is 4.72 Å². The Labute approximate surface area is 185 Å². The Morgan fingerprint density at radius 3 is 2.52 bits per heavy atom. The third-order valence-electron chi connectivity index (χ3n) is 5.49. The van der Waals surface area contributed by atoms with Crippen molar-refractivity contribution in [2.75, 3.05) is 11.3 Å². The van der Waals surface area contributed by atoms with Crippen LogP contribution in [0.5, 0.6) is 0 Å². The molecule has 1 aliphatic heterocycles. The fourth-order valence-corrected chi connectivity index (χ4v) is 5.92. The molecule has 1 unspecified atom stereocenters. The van der Waals surface area contributed by atoms with E-state index in [1.807, 2.05) is 4.90 Å². The predicted octanol–water partition coefficient (Wildman–Crippen LogP) is 4.77. The first kappa shape index (κ1) is 21.5. The maximum absolute atomic E-state index is 13.0. The Morgan fingerprint density at radius 2 is 1.84 bits per heavy atom. The number of nitrogens with one attached hydrogen (secondary N) is 1. The van der Waals surface area contributed by atoms with Crippen LogP contribution >= 0.6 is 11.3 Å². The summed E-state index contributed by atoms with van der Waals surface area (Å²) in [6.45, 7) is 2.82. The highest BCUT2D eigenvalue weighted by Crippen LogP contribution is 2.35. The Balaban J connectivity index is 1.43. The molecule has 31 heavy (non-hydrogen) atoms. The monoisotopic (exact) mass is 458 g/mol. The van der Waals surface area contributed by atoms with Gasteiger partial charge in [0, 0.05) is 17.1 Å². The Kier molecular flexibility index (Phi) is 6.11. The summed E-state index contributed by atoms with van der Waals surface area (Å²) in [7, 11) is -3.81. The van der Waals surface area contributed by atoms with Crippen molar-refractivity contribution in [3.63, 3.8) is 0 Å². The van der Waals surface area contributed by atoms with Crippen molar-refractivity contribution in [1.82, 2.24) is 4.90 Å². The SMILES string of the molecule is CCC1c2ccsc2CCN1C(=O)Cc1ccc(NS(=O)(=O)c2ccc(F)cc2)cc1. The lowest BCUT2D eigenvalue weighted by Crippen LogP contribution is -2.40. The zero-order valence-corrected chi connectivity index (χ0v) is 18.7. The number of carbonyl (C=O) groups is 1. The highest BCUT2D eigenvalue weighted by molar-refractivity contribution is 7.92. The summed E-state index contributed by atoms with van der Waals surface area (Å²) in [5.41, 5.74) is 2.46. The smallest absolute Gasteiger partial charge is 0.261 e. The van der Waals surface area contributed by atoms with Gasteiger partial charge < -0.3 is 4.90 Å². The maximum atomic E-state index is 13.0. The number of fused-ring (bicyclic) bond motifs is 1. The first-order valence-corrected chi connectivity index (χ1v) is 12.5. The molecular formula is C23H23FN2O3S2. The van der Waals surface area contributed by atoms with Gasteiger partial charge in [0.05, 0.1) is 17.4 Å². The average molecular weight is 459 g/mol. The molecule has 0 bridgehead atoms. The maximum Gasteiger partial charge on any atom is 0.261 e. The zero-order chi connectivity index (χ0) is 22.0. The van der Waals surface area contributed by atoms with Gasteiger partial charge in [-0.2, -0.15) is 0 Å². The van der Waals surface area contributed by atoms with Gasteiger partial charge in [-0.05, 0) is 71.8 Å². The fourth-order valence-electron chi connectivity index (χ4n) is 3.93. The second-order valence-corrected chi connectivity index (χ2v) is 10.2. The molecule has 2 aromatic carbocycles. The molecule has 3 aromatic rings. The topological polar surface area (TPSA) is 66.5 Å². The molecule has 0 saturated carbocycles. The van der Waals surface area contributed by atoms with Gasteiger partial charge in [-0.25, -0.2) is 12.8 Å².